The standard InChI is InChI=1S/C17H19NO/c1-3-7-14-10-11-17(19-2)12-15(14)13-18-16-8-5-4-6-9-16/h3-6,8-12,18H,1,7,13H2,2H3. The van der Waals surface area contributed by atoms with Crippen molar-refractivity contribution in [1.29, 1.82) is 0 Å². The molecule has 0 unspecified atom stereocenters. The summed E-state index contributed by atoms with van der Waals surface area (Å²) in [6.07, 6.45) is 2.80. The summed E-state index contributed by atoms with van der Waals surface area (Å²) in [6, 6.07) is 16.4. The van der Waals surface area contributed by atoms with Gasteiger partial charge in [0, 0.05) is 12.2 Å². The number of rotatable bonds is 6. The number of methoxy groups -OCH3 is 1. The molecule has 2 aromatic carbocycles. The maximum Gasteiger partial charge on any atom is 0.119 e. The highest BCUT2D eigenvalue weighted by Gasteiger charge is 2.03. The van der Waals surface area contributed by atoms with Crippen molar-refractivity contribution in [3.05, 3.63) is 72.3 Å². The Morgan fingerprint density at radius 3 is 2.58 bits per heavy atom. The number of para-hydroxylation sites is 1. The van der Waals surface area contributed by atoms with Crippen LogP contribution in [0.25, 0.3) is 0 Å². The van der Waals surface area contributed by atoms with Crippen molar-refractivity contribution < 1.29 is 4.74 Å². The van der Waals surface area contributed by atoms with E-state index in [1.807, 2.05) is 30.3 Å². The molecule has 0 fully saturated rings. The van der Waals surface area contributed by atoms with Crippen molar-refractivity contribution in [3.8, 4) is 5.75 Å². The quantitative estimate of drug-likeness (QED) is 0.785. The van der Waals surface area contributed by atoms with E-state index in [-0.39, 0.29) is 0 Å². The van der Waals surface area contributed by atoms with E-state index in [4.69, 9.17) is 4.74 Å². The van der Waals surface area contributed by atoms with Crippen LogP contribution in [0.5, 0.6) is 5.75 Å². The van der Waals surface area contributed by atoms with Gasteiger partial charge in [-0.3, -0.25) is 0 Å². The SMILES string of the molecule is C=CCc1ccc(OC)cc1CNc1ccccc1. The van der Waals surface area contributed by atoms with Crippen LogP contribution in [0.3, 0.4) is 0 Å². The van der Waals surface area contributed by atoms with Crippen LogP contribution >= 0.6 is 0 Å². The van der Waals surface area contributed by atoms with Gasteiger partial charge in [0.05, 0.1) is 7.11 Å². The van der Waals surface area contributed by atoms with Gasteiger partial charge in [0.2, 0.25) is 0 Å². The van der Waals surface area contributed by atoms with Crippen molar-refractivity contribution >= 4 is 5.69 Å². The van der Waals surface area contributed by atoms with Crippen LogP contribution in [-0.2, 0) is 13.0 Å². The van der Waals surface area contributed by atoms with Crippen LogP contribution in [0.4, 0.5) is 5.69 Å². The minimum atomic E-state index is 0.782. The van der Waals surface area contributed by atoms with Crippen LogP contribution < -0.4 is 10.1 Å². The number of ether oxygens (including phenoxy) is 1. The predicted octanol–water partition coefficient (Wildman–Crippen LogP) is 4.04. The summed E-state index contributed by atoms with van der Waals surface area (Å²) < 4.78 is 5.29. The van der Waals surface area contributed by atoms with E-state index in [0.717, 1.165) is 24.4 Å². The minimum Gasteiger partial charge on any atom is -0.497 e. The summed E-state index contributed by atoms with van der Waals surface area (Å²) >= 11 is 0. The lowest BCUT2D eigenvalue weighted by molar-refractivity contribution is 0.414. The van der Waals surface area contributed by atoms with E-state index in [9.17, 15) is 0 Å². The first-order valence-electron chi connectivity index (χ1n) is 6.39. The zero-order valence-corrected chi connectivity index (χ0v) is 11.2. The zero-order chi connectivity index (χ0) is 13.5. The molecule has 0 saturated carbocycles. The first-order valence-corrected chi connectivity index (χ1v) is 6.39. The molecule has 98 valence electrons. The topological polar surface area (TPSA) is 21.3 Å². The maximum absolute atomic E-state index is 5.29. The molecule has 1 N–H and O–H groups in total. The summed E-state index contributed by atoms with van der Waals surface area (Å²) in [5.74, 6) is 0.887. The molecule has 0 atom stereocenters. The van der Waals surface area contributed by atoms with Crippen LogP contribution in [0, 0.1) is 0 Å². The molecule has 2 rings (SSSR count). The molecule has 19 heavy (non-hydrogen) atoms. The number of hydrogen-bond donors (Lipinski definition) is 1. The number of allylic oxidation sites excluding steroid dienone is 1. The summed E-state index contributed by atoms with van der Waals surface area (Å²) in [5, 5.41) is 3.42. The first kappa shape index (κ1) is 13.2. The molecule has 0 bridgehead atoms. The van der Waals surface area contributed by atoms with Gasteiger partial charge < -0.3 is 10.1 Å². The fourth-order valence-electron chi connectivity index (χ4n) is 2.00. The fraction of sp³-hybridized carbons (Fsp3) is 0.176. The van der Waals surface area contributed by atoms with Crippen molar-refractivity contribution in [2.45, 2.75) is 13.0 Å². The van der Waals surface area contributed by atoms with Crippen molar-refractivity contribution in [3.63, 3.8) is 0 Å². The Morgan fingerprint density at radius 1 is 1.11 bits per heavy atom. The van der Waals surface area contributed by atoms with Crippen molar-refractivity contribution in [2.24, 2.45) is 0 Å². The van der Waals surface area contributed by atoms with E-state index in [0.29, 0.717) is 0 Å². The lowest BCUT2D eigenvalue weighted by Gasteiger charge is -2.12. The van der Waals surface area contributed by atoms with Gasteiger partial charge in [0.15, 0.2) is 0 Å². The van der Waals surface area contributed by atoms with Gasteiger partial charge in [-0.05, 0) is 41.8 Å². The van der Waals surface area contributed by atoms with Crippen LogP contribution in [0.2, 0.25) is 0 Å². The first-order chi connectivity index (χ1) is 9.33. The largest absolute Gasteiger partial charge is 0.497 e. The Bertz CT molecular complexity index is 534. The third-order valence-electron chi connectivity index (χ3n) is 3.03. The molecular weight excluding hydrogens is 234 g/mol. The third-order valence-corrected chi connectivity index (χ3v) is 3.03. The average molecular weight is 253 g/mol. The highest BCUT2D eigenvalue weighted by Crippen LogP contribution is 2.20. The molecule has 0 aliphatic carbocycles. The Balaban J connectivity index is 2.15. The third kappa shape index (κ3) is 3.62. The van der Waals surface area contributed by atoms with Gasteiger partial charge in [0.25, 0.3) is 0 Å². The molecule has 0 aliphatic heterocycles. The average Bonchev–Trinajstić information content (AvgIpc) is 2.47. The molecule has 0 aliphatic rings. The van der Waals surface area contributed by atoms with Gasteiger partial charge in [-0.2, -0.15) is 0 Å². The lowest BCUT2D eigenvalue weighted by atomic mass is 10.0. The van der Waals surface area contributed by atoms with Gasteiger partial charge >= 0.3 is 0 Å². The summed E-state index contributed by atoms with van der Waals surface area (Å²) in [5.41, 5.74) is 3.64. The molecule has 2 heteroatoms. The second kappa shape index (κ2) is 6.64. The van der Waals surface area contributed by atoms with E-state index in [2.05, 4.69) is 36.2 Å². The van der Waals surface area contributed by atoms with Crippen molar-refractivity contribution in [1.82, 2.24) is 0 Å². The van der Waals surface area contributed by atoms with E-state index >= 15 is 0 Å². The second-order valence-electron chi connectivity index (χ2n) is 4.35. The van der Waals surface area contributed by atoms with Crippen LogP contribution in [0.15, 0.2) is 61.2 Å². The molecule has 0 amide bonds. The molecule has 0 aromatic heterocycles. The number of hydrogen-bond acceptors (Lipinski definition) is 2. The van der Waals surface area contributed by atoms with E-state index < -0.39 is 0 Å². The highest BCUT2D eigenvalue weighted by atomic mass is 16.5. The smallest absolute Gasteiger partial charge is 0.119 e. The molecule has 2 aromatic rings. The highest BCUT2D eigenvalue weighted by molar-refractivity contribution is 5.45. The zero-order valence-electron chi connectivity index (χ0n) is 11.2. The minimum absolute atomic E-state index is 0.782. The van der Waals surface area contributed by atoms with Gasteiger partial charge in [0.1, 0.15) is 5.75 Å². The Labute approximate surface area is 114 Å². The molecule has 0 radical (unpaired) electrons. The monoisotopic (exact) mass is 253 g/mol. The van der Waals surface area contributed by atoms with E-state index in [1.165, 1.54) is 11.1 Å². The molecule has 0 saturated heterocycles. The second-order valence-corrected chi connectivity index (χ2v) is 4.35. The van der Waals surface area contributed by atoms with Gasteiger partial charge in [-0.1, -0.05) is 30.3 Å². The normalized spacial score (nSPS) is 9.95. The molecule has 0 spiro atoms. The van der Waals surface area contributed by atoms with Crippen LogP contribution in [-0.4, -0.2) is 7.11 Å². The molecular formula is C17H19NO. The van der Waals surface area contributed by atoms with Crippen LogP contribution in [0.1, 0.15) is 11.1 Å². The predicted molar refractivity (Wildman–Crippen MR) is 80.7 cm³/mol. The fourth-order valence-corrected chi connectivity index (χ4v) is 2.00. The molecule has 2 nitrogen and oxygen atoms in total. The number of benzene rings is 2. The van der Waals surface area contributed by atoms with Gasteiger partial charge in [-0.25, -0.2) is 0 Å². The molecule has 0 heterocycles. The maximum atomic E-state index is 5.29. The Kier molecular flexibility index (Phi) is 4.62. The van der Waals surface area contributed by atoms with Crippen molar-refractivity contribution in [2.75, 3.05) is 12.4 Å². The number of nitrogens with one attached hydrogen (secondary N) is 1. The number of anilines is 1. The summed E-state index contributed by atoms with van der Waals surface area (Å²) in [7, 11) is 1.69. The Hall–Kier alpha value is -2.22. The van der Waals surface area contributed by atoms with Gasteiger partial charge in [-0.15, -0.1) is 6.58 Å². The Morgan fingerprint density at radius 2 is 1.89 bits per heavy atom. The summed E-state index contributed by atoms with van der Waals surface area (Å²) in [6.45, 7) is 4.59. The van der Waals surface area contributed by atoms with E-state index in [1.54, 1.807) is 7.11 Å². The summed E-state index contributed by atoms with van der Waals surface area (Å²) in [4.78, 5) is 0. The lowest BCUT2D eigenvalue weighted by Crippen LogP contribution is -2.03.